The number of unbranched alkanes of at least 4 members (excludes halogenated alkanes) is 1. The number of aliphatic carboxylic acids is 1. The van der Waals surface area contributed by atoms with Crippen molar-refractivity contribution in [3.8, 4) is 17.6 Å². The van der Waals surface area contributed by atoms with Gasteiger partial charge in [0.05, 0.1) is 6.04 Å². The van der Waals surface area contributed by atoms with E-state index in [0.717, 1.165) is 0 Å². The maximum atomic E-state index is 14.3. The predicted molar refractivity (Wildman–Crippen MR) is 112 cm³/mol. The van der Waals surface area contributed by atoms with E-state index in [1.165, 1.54) is 12.1 Å². The lowest BCUT2D eigenvalue weighted by atomic mass is 10.1. The first-order valence-corrected chi connectivity index (χ1v) is 9.87. The summed E-state index contributed by atoms with van der Waals surface area (Å²) in [6, 6.07) is 3.58. The Morgan fingerprint density at radius 1 is 1.26 bits per heavy atom. The Morgan fingerprint density at radius 2 is 1.97 bits per heavy atom. The molecule has 0 bridgehead atoms. The van der Waals surface area contributed by atoms with Gasteiger partial charge in [-0.3, -0.25) is 9.59 Å². The van der Waals surface area contributed by atoms with E-state index in [1.54, 1.807) is 26.8 Å². The fourth-order valence-corrected chi connectivity index (χ4v) is 2.37. The Hall–Kier alpha value is -3.28. The lowest BCUT2D eigenvalue weighted by Gasteiger charge is -2.23. The van der Waals surface area contributed by atoms with Crippen LogP contribution < -0.4 is 15.8 Å². The highest BCUT2D eigenvalue weighted by atomic mass is 19.1. The van der Waals surface area contributed by atoms with Gasteiger partial charge in [0.2, 0.25) is 5.91 Å². The zero-order valence-electron chi connectivity index (χ0n) is 18.0. The molecule has 2 amide bonds. The number of carboxylic acids is 1. The summed E-state index contributed by atoms with van der Waals surface area (Å²) in [5, 5.41) is 11.2. The molecule has 1 atom stereocenters. The average Bonchev–Trinajstić information content (AvgIpc) is 2.62. The SMILES string of the molecule is CC(C)(C)OC(=O)N[C@@H](CCC(N)=O)COc1ccc(C#CCCCC(=O)O)cc1F. The standard InChI is InChI=1S/C22H29FN2O6/c1-22(2,3)31-21(29)25-16(10-12-19(24)26)14-30-18-11-9-15(13-17(18)23)7-5-4-6-8-20(27)28/h9,11,13,16H,4,6,8,10,12,14H2,1-3H3,(H2,24,26)(H,25,29)(H,27,28)/t16-/m0/s1. The van der Waals surface area contributed by atoms with Crippen LogP contribution in [0.3, 0.4) is 0 Å². The zero-order valence-corrected chi connectivity index (χ0v) is 18.0. The van der Waals surface area contributed by atoms with Crippen molar-refractivity contribution in [3.05, 3.63) is 29.6 Å². The van der Waals surface area contributed by atoms with Crippen LogP contribution in [0.4, 0.5) is 9.18 Å². The number of hydrogen-bond donors (Lipinski definition) is 3. The molecular weight excluding hydrogens is 407 g/mol. The van der Waals surface area contributed by atoms with Crippen LogP contribution in [0.5, 0.6) is 5.75 Å². The molecule has 1 aromatic carbocycles. The molecule has 0 unspecified atom stereocenters. The van der Waals surface area contributed by atoms with E-state index in [1.807, 2.05) is 0 Å². The number of halogens is 1. The molecule has 0 heterocycles. The number of ether oxygens (including phenoxy) is 2. The van der Waals surface area contributed by atoms with Crippen molar-refractivity contribution in [2.75, 3.05) is 6.61 Å². The number of rotatable bonds is 10. The van der Waals surface area contributed by atoms with Crippen molar-refractivity contribution in [2.24, 2.45) is 5.73 Å². The Balaban J connectivity index is 2.69. The van der Waals surface area contributed by atoms with Crippen LogP contribution in [0.2, 0.25) is 0 Å². The van der Waals surface area contributed by atoms with Gasteiger partial charge in [0.1, 0.15) is 12.2 Å². The maximum Gasteiger partial charge on any atom is 0.407 e. The van der Waals surface area contributed by atoms with Gasteiger partial charge in [0, 0.05) is 24.8 Å². The minimum atomic E-state index is -0.885. The number of alkyl carbamates (subject to hydrolysis) is 1. The average molecular weight is 436 g/mol. The van der Waals surface area contributed by atoms with Crippen molar-refractivity contribution in [1.82, 2.24) is 5.32 Å². The Bertz CT molecular complexity index is 839. The molecule has 0 aromatic heterocycles. The van der Waals surface area contributed by atoms with Crippen LogP contribution in [0.15, 0.2) is 18.2 Å². The largest absolute Gasteiger partial charge is 0.488 e. The van der Waals surface area contributed by atoms with Gasteiger partial charge < -0.3 is 25.6 Å². The van der Waals surface area contributed by atoms with Crippen LogP contribution in [-0.4, -0.2) is 41.3 Å². The molecule has 8 nitrogen and oxygen atoms in total. The maximum absolute atomic E-state index is 14.3. The number of carboxylic acid groups (broad SMARTS) is 1. The molecule has 9 heteroatoms. The molecule has 1 aromatic rings. The first kappa shape index (κ1) is 25.8. The highest BCUT2D eigenvalue weighted by Crippen LogP contribution is 2.19. The lowest BCUT2D eigenvalue weighted by molar-refractivity contribution is -0.137. The van der Waals surface area contributed by atoms with Crippen LogP contribution >= 0.6 is 0 Å². The number of nitrogens with two attached hydrogens (primary N) is 1. The Morgan fingerprint density at radius 3 is 2.55 bits per heavy atom. The fourth-order valence-electron chi connectivity index (χ4n) is 2.37. The Kier molecular flexibility index (Phi) is 10.3. The molecule has 170 valence electrons. The fraction of sp³-hybridized carbons (Fsp3) is 0.500. The number of carbonyl (C=O) groups is 3. The summed E-state index contributed by atoms with van der Waals surface area (Å²) in [4.78, 5) is 33.5. The topological polar surface area (TPSA) is 128 Å². The Labute approximate surface area is 181 Å². The van der Waals surface area contributed by atoms with Crippen LogP contribution in [0.1, 0.15) is 58.4 Å². The third-order valence-electron chi connectivity index (χ3n) is 3.76. The minimum Gasteiger partial charge on any atom is -0.488 e. The summed E-state index contributed by atoms with van der Waals surface area (Å²) >= 11 is 0. The summed E-state index contributed by atoms with van der Waals surface area (Å²) in [6.07, 6.45) is 0.385. The van der Waals surface area contributed by atoms with Gasteiger partial charge in [0.25, 0.3) is 0 Å². The molecule has 4 N–H and O–H groups in total. The van der Waals surface area contributed by atoms with E-state index in [2.05, 4.69) is 17.2 Å². The summed E-state index contributed by atoms with van der Waals surface area (Å²) in [6.45, 7) is 5.05. The van der Waals surface area contributed by atoms with Crippen molar-refractivity contribution in [2.45, 2.75) is 64.5 Å². The predicted octanol–water partition coefficient (Wildman–Crippen LogP) is 2.97. The number of nitrogens with one attached hydrogen (secondary N) is 1. The second-order valence-electron chi connectivity index (χ2n) is 7.85. The van der Waals surface area contributed by atoms with E-state index in [0.29, 0.717) is 18.4 Å². The van der Waals surface area contributed by atoms with E-state index < -0.39 is 35.4 Å². The van der Waals surface area contributed by atoms with Crippen molar-refractivity contribution >= 4 is 18.0 Å². The molecule has 0 saturated heterocycles. The summed E-state index contributed by atoms with van der Waals surface area (Å²) < 4.78 is 25.0. The van der Waals surface area contributed by atoms with Gasteiger partial charge in [-0.1, -0.05) is 11.8 Å². The minimum absolute atomic E-state index is 0.0166. The normalized spacial score (nSPS) is 11.6. The van der Waals surface area contributed by atoms with E-state index in [9.17, 15) is 18.8 Å². The third kappa shape index (κ3) is 12.1. The molecule has 0 saturated carbocycles. The second kappa shape index (κ2) is 12.4. The van der Waals surface area contributed by atoms with E-state index in [-0.39, 0.29) is 31.6 Å². The smallest absolute Gasteiger partial charge is 0.407 e. The molecular formula is C22H29FN2O6. The first-order valence-electron chi connectivity index (χ1n) is 9.87. The number of primary amides is 1. The summed E-state index contributed by atoms with van der Waals surface area (Å²) in [5.41, 5.74) is 4.90. The van der Waals surface area contributed by atoms with Crippen LogP contribution in [-0.2, 0) is 14.3 Å². The highest BCUT2D eigenvalue weighted by molar-refractivity contribution is 5.74. The molecule has 0 radical (unpaired) electrons. The van der Waals surface area contributed by atoms with Crippen molar-refractivity contribution in [1.29, 1.82) is 0 Å². The lowest BCUT2D eigenvalue weighted by Crippen LogP contribution is -2.42. The molecule has 31 heavy (non-hydrogen) atoms. The van der Waals surface area contributed by atoms with Gasteiger partial charge in [-0.15, -0.1) is 0 Å². The molecule has 0 spiro atoms. The first-order chi connectivity index (χ1) is 14.5. The number of benzene rings is 1. The highest BCUT2D eigenvalue weighted by Gasteiger charge is 2.21. The molecule has 0 aliphatic carbocycles. The second-order valence-corrected chi connectivity index (χ2v) is 7.85. The monoisotopic (exact) mass is 436 g/mol. The summed E-state index contributed by atoms with van der Waals surface area (Å²) in [7, 11) is 0. The zero-order chi connectivity index (χ0) is 23.4. The van der Waals surface area contributed by atoms with Gasteiger partial charge in [-0.2, -0.15) is 0 Å². The molecule has 0 fully saturated rings. The quantitative estimate of drug-likeness (QED) is 0.382. The van der Waals surface area contributed by atoms with Crippen LogP contribution in [0, 0.1) is 17.7 Å². The molecule has 0 aliphatic rings. The summed E-state index contributed by atoms with van der Waals surface area (Å²) in [5.74, 6) is 3.47. The van der Waals surface area contributed by atoms with Gasteiger partial charge in [-0.05, 0) is 51.8 Å². The van der Waals surface area contributed by atoms with E-state index >= 15 is 0 Å². The molecule has 0 aliphatic heterocycles. The number of carbonyl (C=O) groups excluding carboxylic acids is 2. The van der Waals surface area contributed by atoms with Gasteiger partial charge in [-0.25, -0.2) is 9.18 Å². The molecule has 1 rings (SSSR count). The van der Waals surface area contributed by atoms with Crippen molar-refractivity contribution in [3.63, 3.8) is 0 Å². The van der Waals surface area contributed by atoms with Gasteiger partial charge in [0.15, 0.2) is 11.6 Å². The van der Waals surface area contributed by atoms with E-state index in [4.69, 9.17) is 20.3 Å². The third-order valence-corrected chi connectivity index (χ3v) is 3.76. The number of hydrogen-bond acceptors (Lipinski definition) is 5. The van der Waals surface area contributed by atoms with Crippen LogP contribution in [0.25, 0.3) is 0 Å². The van der Waals surface area contributed by atoms with Gasteiger partial charge >= 0.3 is 12.1 Å². The van der Waals surface area contributed by atoms with Crippen molar-refractivity contribution < 1.29 is 33.4 Å². The number of amides is 2.